The van der Waals surface area contributed by atoms with Crippen molar-refractivity contribution in [3.63, 3.8) is 0 Å². The van der Waals surface area contributed by atoms with Crippen molar-refractivity contribution < 1.29 is 4.79 Å². The summed E-state index contributed by atoms with van der Waals surface area (Å²) in [6, 6.07) is 0.634. The van der Waals surface area contributed by atoms with Crippen LogP contribution in [0.4, 0.5) is 0 Å². The molecule has 0 aromatic heterocycles. The van der Waals surface area contributed by atoms with E-state index in [9.17, 15) is 4.79 Å². The second-order valence-corrected chi connectivity index (χ2v) is 5.59. The molecule has 0 saturated carbocycles. The van der Waals surface area contributed by atoms with Crippen molar-refractivity contribution in [2.45, 2.75) is 44.6 Å². The number of rotatable bonds is 5. The number of nitrogens with zero attached hydrogens (tertiary/aromatic N) is 2. The van der Waals surface area contributed by atoms with Crippen LogP contribution in [0.25, 0.3) is 0 Å². The Morgan fingerprint density at radius 3 is 2.72 bits per heavy atom. The first-order valence-electron chi connectivity index (χ1n) is 7.47. The van der Waals surface area contributed by atoms with E-state index >= 15 is 0 Å². The van der Waals surface area contributed by atoms with Crippen LogP contribution in [0, 0.1) is 0 Å². The normalized spacial score (nSPS) is 25.6. The van der Waals surface area contributed by atoms with Gasteiger partial charge >= 0.3 is 0 Å². The SMILES string of the molecule is CNCCCC(=O)N1CCCC(N2CCCC2)C1. The van der Waals surface area contributed by atoms with E-state index in [0.717, 1.165) is 26.1 Å². The van der Waals surface area contributed by atoms with Crippen molar-refractivity contribution in [2.75, 3.05) is 39.8 Å². The fourth-order valence-corrected chi connectivity index (χ4v) is 3.16. The van der Waals surface area contributed by atoms with Crippen molar-refractivity contribution in [1.82, 2.24) is 15.1 Å². The minimum absolute atomic E-state index is 0.356. The molecule has 0 spiro atoms. The summed E-state index contributed by atoms with van der Waals surface area (Å²) in [6.07, 6.45) is 6.80. The zero-order valence-electron chi connectivity index (χ0n) is 11.7. The van der Waals surface area contributed by atoms with Gasteiger partial charge in [0.25, 0.3) is 0 Å². The molecule has 1 atom stereocenters. The Balaban J connectivity index is 1.76. The van der Waals surface area contributed by atoms with Gasteiger partial charge in [-0.2, -0.15) is 0 Å². The Morgan fingerprint density at radius 1 is 1.22 bits per heavy atom. The second-order valence-electron chi connectivity index (χ2n) is 5.59. The van der Waals surface area contributed by atoms with Gasteiger partial charge in [-0.1, -0.05) is 0 Å². The summed E-state index contributed by atoms with van der Waals surface area (Å²) in [6.45, 7) is 5.37. The summed E-state index contributed by atoms with van der Waals surface area (Å²) >= 11 is 0. The van der Waals surface area contributed by atoms with E-state index < -0.39 is 0 Å². The average Bonchev–Trinajstić information content (AvgIpc) is 2.93. The molecule has 18 heavy (non-hydrogen) atoms. The maximum atomic E-state index is 12.1. The van der Waals surface area contributed by atoms with Crippen LogP contribution in [0.15, 0.2) is 0 Å². The van der Waals surface area contributed by atoms with E-state index in [1.165, 1.54) is 38.8 Å². The molecule has 2 aliphatic rings. The monoisotopic (exact) mass is 253 g/mol. The third-order valence-electron chi connectivity index (χ3n) is 4.22. The van der Waals surface area contributed by atoms with E-state index in [-0.39, 0.29) is 0 Å². The molecule has 2 heterocycles. The van der Waals surface area contributed by atoms with Gasteiger partial charge < -0.3 is 10.2 Å². The fourth-order valence-electron chi connectivity index (χ4n) is 3.16. The van der Waals surface area contributed by atoms with Crippen molar-refractivity contribution in [1.29, 1.82) is 0 Å². The smallest absolute Gasteiger partial charge is 0.222 e. The Labute approximate surface area is 111 Å². The van der Waals surface area contributed by atoms with Gasteiger partial charge in [-0.25, -0.2) is 0 Å². The standard InChI is InChI=1S/C14H27N3O/c1-15-8-4-7-14(18)17-11-5-6-13(12-17)16-9-2-3-10-16/h13,15H,2-12H2,1H3. The molecule has 1 unspecified atom stereocenters. The molecule has 2 saturated heterocycles. The lowest BCUT2D eigenvalue weighted by molar-refractivity contribution is -0.133. The lowest BCUT2D eigenvalue weighted by atomic mass is 10.0. The van der Waals surface area contributed by atoms with Gasteiger partial charge in [-0.15, -0.1) is 0 Å². The van der Waals surface area contributed by atoms with Crippen molar-refractivity contribution in [2.24, 2.45) is 0 Å². The molecule has 0 bridgehead atoms. The van der Waals surface area contributed by atoms with Gasteiger partial charge in [-0.3, -0.25) is 9.69 Å². The topological polar surface area (TPSA) is 35.6 Å². The van der Waals surface area contributed by atoms with E-state index in [2.05, 4.69) is 15.1 Å². The quantitative estimate of drug-likeness (QED) is 0.745. The molecule has 104 valence electrons. The highest BCUT2D eigenvalue weighted by Crippen LogP contribution is 2.20. The number of carbonyl (C=O) groups excluding carboxylic acids is 1. The van der Waals surface area contributed by atoms with Crippen LogP contribution in [0.5, 0.6) is 0 Å². The van der Waals surface area contributed by atoms with Crippen molar-refractivity contribution >= 4 is 5.91 Å². The van der Waals surface area contributed by atoms with Crippen molar-refractivity contribution in [3.05, 3.63) is 0 Å². The third-order valence-corrected chi connectivity index (χ3v) is 4.22. The highest BCUT2D eigenvalue weighted by molar-refractivity contribution is 5.76. The Kier molecular flexibility index (Phi) is 5.45. The van der Waals surface area contributed by atoms with E-state index in [1.807, 2.05) is 7.05 Å². The Morgan fingerprint density at radius 2 is 2.00 bits per heavy atom. The molecule has 0 aromatic rings. The number of nitrogens with one attached hydrogen (secondary N) is 1. The number of hydrogen-bond acceptors (Lipinski definition) is 3. The first-order chi connectivity index (χ1) is 8.81. The first-order valence-corrected chi connectivity index (χ1v) is 7.47. The average molecular weight is 253 g/mol. The number of piperidine rings is 1. The van der Waals surface area contributed by atoms with Gasteiger partial charge in [0.15, 0.2) is 0 Å². The minimum atomic E-state index is 0.356. The largest absolute Gasteiger partial charge is 0.341 e. The molecule has 0 aliphatic carbocycles. The van der Waals surface area contributed by atoms with Crippen LogP contribution in [-0.2, 0) is 4.79 Å². The Hall–Kier alpha value is -0.610. The summed E-state index contributed by atoms with van der Waals surface area (Å²) < 4.78 is 0. The zero-order chi connectivity index (χ0) is 12.8. The van der Waals surface area contributed by atoms with E-state index in [0.29, 0.717) is 18.4 Å². The van der Waals surface area contributed by atoms with Crippen LogP contribution in [0.3, 0.4) is 0 Å². The number of amides is 1. The fraction of sp³-hybridized carbons (Fsp3) is 0.929. The molecule has 2 rings (SSSR count). The summed E-state index contributed by atoms with van der Waals surface area (Å²) in [5, 5.41) is 3.10. The van der Waals surface area contributed by atoms with Gasteiger partial charge in [-0.05, 0) is 58.8 Å². The maximum absolute atomic E-state index is 12.1. The summed E-state index contributed by atoms with van der Waals surface area (Å²) in [4.78, 5) is 16.8. The van der Waals surface area contributed by atoms with Crippen LogP contribution in [0.1, 0.15) is 38.5 Å². The molecule has 4 nitrogen and oxygen atoms in total. The minimum Gasteiger partial charge on any atom is -0.341 e. The molecule has 0 radical (unpaired) electrons. The lowest BCUT2D eigenvalue weighted by Crippen LogP contribution is -2.49. The molecular weight excluding hydrogens is 226 g/mol. The zero-order valence-corrected chi connectivity index (χ0v) is 11.7. The van der Waals surface area contributed by atoms with Gasteiger partial charge in [0.05, 0.1) is 0 Å². The molecule has 2 fully saturated rings. The third kappa shape index (κ3) is 3.69. The highest BCUT2D eigenvalue weighted by atomic mass is 16.2. The summed E-state index contributed by atoms with van der Waals surface area (Å²) in [5.41, 5.74) is 0. The molecule has 0 aromatic carbocycles. The second kappa shape index (κ2) is 7.10. The molecule has 1 amide bonds. The molecule has 4 heteroatoms. The molecule has 1 N–H and O–H groups in total. The van der Waals surface area contributed by atoms with Gasteiger partial charge in [0, 0.05) is 25.6 Å². The number of carbonyl (C=O) groups is 1. The summed E-state index contributed by atoms with van der Waals surface area (Å²) in [7, 11) is 1.94. The predicted molar refractivity (Wildman–Crippen MR) is 73.6 cm³/mol. The van der Waals surface area contributed by atoms with Crippen molar-refractivity contribution in [3.8, 4) is 0 Å². The molecular formula is C14H27N3O. The van der Waals surface area contributed by atoms with Crippen LogP contribution in [-0.4, -0.2) is 61.5 Å². The Bertz CT molecular complexity index is 264. The van der Waals surface area contributed by atoms with E-state index in [1.54, 1.807) is 0 Å². The van der Waals surface area contributed by atoms with Crippen LogP contribution < -0.4 is 5.32 Å². The van der Waals surface area contributed by atoms with Crippen LogP contribution >= 0.6 is 0 Å². The lowest BCUT2D eigenvalue weighted by Gasteiger charge is -2.37. The number of likely N-dealkylation sites (tertiary alicyclic amines) is 2. The summed E-state index contributed by atoms with van der Waals surface area (Å²) in [5.74, 6) is 0.356. The maximum Gasteiger partial charge on any atom is 0.222 e. The van der Waals surface area contributed by atoms with Crippen LogP contribution in [0.2, 0.25) is 0 Å². The highest BCUT2D eigenvalue weighted by Gasteiger charge is 2.28. The number of hydrogen-bond donors (Lipinski definition) is 1. The van der Waals surface area contributed by atoms with Gasteiger partial charge in [0.2, 0.25) is 5.91 Å². The molecule has 2 aliphatic heterocycles. The van der Waals surface area contributed by atoms with E-state index in [4.69, 9.17) is 0 Å². The first kappa shape index (κ1) is 13.8. The van der Waals surface area contributed by atoms with Gasteiger partial charge in [0.1, 0.15) is 0 Å². The predicted octanol–water partition coefficient (Wildman–Crippen LogP) is 1.07.